The fraction of sp³-hybridized carbons (Fsp3) is 0.300. The van der Waals surface area contributed by atoms with Gasteiger partial charge in [-0.3, -0.25) is 0 Å². The third-order valence-corrected chi connectivity index (χ3v) is 1.63. The smallest absolute Gasteiger partial charge is 0.174 e. The van der Waals surface area contributed by atoms with Crippen molar-refractivity contribution in [3.8, 4) is 11.8 Å². The van der Waals surface area contributed by atoms with Crippen molar-refractivity contribution in [3.05, 3.63) is 29.8 Å². The minimum atomic E-state index is 0.0979. The average molecular weight is 176 g/mol. The SMILES string of the molecule is CNCc1ccccc1OCC#N. The predicted molar refractivity (Wildman–Crippen MR) is 50.3 cm³/mol. The monoisotopic (exact) mass is 176 g/mol. The minimum absolute atomic E-state index is 0.0979. The fourth-order valence-electron chi connectivity index (χ4n) is 1.09. The number of nitrogens with one attached hydrogen (secondary N) is 1. The summed E-state index contributed by atoms with van der Waals surface area (Å²) in [5.74, 6) is 0.776. The van der Waals surface area contributed by atoms with E-state index in [1.807, 2.05) is 37.4 Å². The Morgan fingerprint density at radius 2 is 2.23 bits per heavy atom. The molecule has 0 aromatic heterocycles. The van der Waals surface area contributed by atoms with Gasteiger partial charge in [-0.05, 0) is 13.1 Å². The number of benzene rings is 1. The second kappa shape index (κ2) is 5.18. The Morgan fingerprint density at radius 1 is 1.46 bits per heavy atom. The number of rotatable bonds is 4. The van der Waals surface area contributed by atoms with E-state index in [4.69, 9.17) is 10.00 Å². The molecule has 3 heteroatoms. The van der Waals surface area contributed by atoms with E-state index in [0.717, 1.165) is 17.9 Å². The summed E-state index contributed by atoms with van der Waals surface area (Å²) in [6.45, 7) is 0.850. The molecule has 0 radical (unpaired) electrons. The Bertz CT molecular complexity index is 304. The summed E-state index contributed by atoms with van der Waals surface area (Å²) < 4.78 is 5.24. The van der Waals surface area contributed by atoms with Crippen molar-refractivity contribution in [1.82, 2.24) is 5.32 Å². The van der Waals surface area contributed by atoms with Crippen molar-refractivity contribution < 1.29 is 4.74 Å². The molecule has 0 atom stereocenters. The van der Waals surface area contributed by atoms with Crippen LogP contribution < -0.4 is 10.1 Å². The second-order valence-electron chi connectivity index (χ2n) is 2.58. The Labute approximate surface area is 77.9 Å². The molecule has 68 valence electrons. The molecule has 1 aromatic carbocycles. The maximum atomic E-state index is 8.36. The van der Waals surface area contributed by atoms with Crippen molar-refractivity contribution in [3.63, 3.8) is 0 Å². The first-order valence-electron chi connectivity index (χ1n) is 4.10. The Kier molecular flexibility index (Phi) is 3.80. The van der Waals surface area contributed by atoms with E-state index in [9.17, 15) is 0 Å². The van der Waals surface area contributed by atoms with E-state index in [1.165, 1.54) is 0 Å². The largest absolute Gasteiger partial charge is 0.478 e. The van der Waals surface area contributed by atoms with Gasteiger partial charge in [0, 0.05) is 12.1 Å². The summed E-state index contributed by atoms with van der Waals surface area (Å²) >= 11 is 0. The van der Waals surface area contributed by atoms with Gasteiger partial charge >= 0.3 is 0 Å². The van der Waals surface area contributed by atoms with Gasteiger partial charge < -0.3 is 10.1 Å². The highest BCUT2D eigenvalue weighted by atomic mass is 16.5. The van der Waals surface area contributed by atoms with Gasteiger partial charge in [-0.1, -0.05) is 18.2 Å². The molecule has 1 aromatic rings. The van der Waals surface area contributed by atoms with E-state index in [0.29, 0.717) is 0 Å². The molecule has 0 bridgehead atoms. The summed E-state index contributed by atoms with van der Waals surface area (Å²) in [5.41, 5.74) is 1.07. The molecule has 3 nitrogen and oxygen atoms in total. The first-order chi connectivity index (χ1) is 6.38. The van der Waals surface area contributed by atoms with E-state index in [1.54, 1.807) is 0 Å². The molecule has 0 saturated carbocycles. The molecule has 0 saturated heterocycles. The average Bonchev–Trinajstić information content (AvgIpc) is 2.17. The zero-order chi connectivity index (χ0) is 9.52. The van der Waals surface area contributed by atoms with Crippen molar-refractivity contribution >= 4 is 0 Å². The van der Waals surface area contributed by atoms with Crippen LogP contribution in [0.4, 0.5) is 0 Å². The molecule has 0 aliphatic heterocycles. The van der Waals surface area contributed by atoms with E-state index in [-0.39, 0.29) is 6.61 Å². The van der Waals surface area contributed by atoms with Crippen LogP contribution in [0.5, 0.6) is 5.75 Å². The molecule has 1 N–H and O–H groups in total. The van der Waals surface area contributed by atoms with Crippen LogP contribution in [0.25, 0.3) is 0 Å². The summed E-state index contributed by atoms with van der Waals surface area (Å²) in [5, 5.41) is 11.4. The van der Waals surface area contributed by atoms with E-state index >= 15 is 0 Å². The molecule has 0 heterocycles. The molecule has 0 fully saturated rings. The Hall–Kier alpha value is -1.53. The molecule has 0 aliphatic carbocycles. The number of nitrogens with zero attached hydrogens (tertiary/aromatic N) is 1. The van der Waals surface area contributed by atoms with Crippen LogP contribution in [-0.4, -0.2) is 13.7 Å². The van der Waals surface area contributed by atoms with Gasteiger partial charge in [0.15, 0.2) is 6.61 Å². The topological polar surface area (TPSA) is 45.0 Å². The van der Waals surface area contributed by atoms with Gasteiger partial charge in [-0.25, -0.2) is 0 Å². The Balaban J connectivity index is 2.73. The summed E-state index contributed by atoms with van der Waals surface area (Å²) in [6.07, 6.45) is 0. The van der Waals surface area contributed by atoms with Crippen LogP contribution in [0.2, 0.25) is 0 Å². The molecule has 0 unspecified atom stereocenters. The first-order valence-corrected chi connectivity index (χ1v) is 4.10. The molecule has 13 heavy (non-hydrogen) atoms. The summed E-state index contributed by atoms with van der Waals surface area (Å²) in [6, 6.07) is 9.63. The highest BCUT2D eigenvalue weighted by molar-refractivity contribution is 5.33. The molecule has 1 rings (SSSR count). The van der Waals surface area contributed by atoms with Crippen molar-refractivity contribution in [2.75, 3.05) is 13.7 Å². The number of para-hydroxylation sites is 1. The highest BCUT2D eigenvalue weighted by Gasteiger charge is 2.00. The van der Waals surface area contributed by atoms with Crippen molar-refractivity contribution in [1.29, 1.82) is 5.26 Å². The zero-order valence-electron chi connectivity index (χ0n) is 7.58. The zero-order valence-corrected chi connectivity index (χ0v) is 7.58. The highest BCUT2D eigenvalue weighted by Crippen LogP contribution is 2.16. The van der Waals surface area contributed by atoms with Crippen molar-refractivity contribution in [2.24, 2.45) is 0 Å². The maximum absolute atomic E-state index is 8.36. The van der Waals surface area contributed by atoms with Crippen molar-refractivity contribution in [2.45, 2.75) is 6.54 Å². The second-order valence-corrected chi connectivity index (χ2v) is 2.58. The third kappa shape index (κ3) is 2.77. The molecular weight excluding hydrogens is 164 g/mol. The number of hydrogen-bond acceptors (Lipinski definition) is 3. The number of ether oxygens (including phenoxy) is 1. The van der Waals surface area contributed by atoms with Crippen LogP contribution in [-0.2, 0) is 6.54 Å². The van der Waals surface area contributed by atoms with E-state index in [2.05, 4.69) is 5.32 Å². The van der Waals surface area contributed by atoms with Gasteiger partial charge in [-0.15, -0.1) is 0 Å². The standard InChI is InChI=1S/C10H12N2O/c1-12-8-9-4-2-3-5-10(9)13-7-6-11/h2-5,12H,7-8H2,1H3. The van der Waals surface area contributed by atoms with Crippen LogP contribution in [0.15, 0.2) is 24.3 Å². The lowest BCUT2D eigenvalue weighted by Crippen LogP contribution is -2.07. The lowest BCUT2D eigenvalue weighted by molar-refractivity contribution is 0.363. The lowest BCUT2D eigenvalue weighted by Gasteiger charge is -2.07. The van der Waals surface area contributed by atoms with Gasteiger partial charge in [0.25, 0.3) is 0 Å². The van der Waals surface area contributed by atoms with Gasteiger partial charge in [-0.2, -0.15) is 5.26 Å². The van der Waals surface area contributed by atoms with Crippen LogP contribution >= 0.6 is 0 Å². The fourth-order valence-corrected chi connectivity index (χ4v) is 1.09. The molecule has 0 spiro atoms. The van der Waals surface area contributed by atoms with Crippen LogP contribution in [0.3, 0.4) is 0 Å². The molecular formula is C10H12N2O. The number of nitriles is 1. The lowest BCUT2D eigenvalue weighted by atomic mass is 10.2. The van der Waals surface area contributed by atoms with Gasteiger partial charge in [0.1, 0.15) is 11.8 Å². The molecule has 0 aliphatic rings. The molecule has 0 amide bonds. The Morgan fingerprint density at radius 3 is 2.92 bits per heavy atom. The predicted octanol–water partition coefficient (Wildman–Crippen LogP) is 1.31. The van der Waals surface area contributed by atoms with E-state index < -0.39 is 0 Å². The quantitative estimate of drug-likeness (QED) is 0.752. The maximum Gasteiger partial charge on any atom is 0.174 e. The third-order valence-electron chi connectivity index (χ3n) is 1.63. The first kappa shape index (κ1) is 9.56. The normalized spacial score (nSPS) is 9.23. The number of hydrogen-bond donors (Lipinski definition) is 1. The van der Waals surface area contributed by atoms with Crippen LogP contribution in [0.1, 0.15) is 5.56 Å². The van der Waals surface area contributed by atoms with Gasteiger partial charge in [0.2, 0.25) is 0 Å². The summed E-state index contributed by atoms with van der Waals surface area (Å²) in [7, 11) is 1.88. The van der Waals surface area contributed by atoms with Crippen LogP contribution in [0, 0.1) is 11.3 Å². The minimum Gasteiger partial charge on any atom is -0.478 e. The van der Waals surface area contributed by atoms with Gasteiger partial charge in [0.05, 0.1) is 0 Å². The summed E-state index contributed by atoms with van der Waals surface area (Å²) in [4.78, 5) is 0.